The maximum absolute atomic E-state index is 13.7. The van der Waals surface area contributed by atoms with Gasteiger partial charge in [0.2, 0.25) is 0 Å². The van der Waals surface area contributed by atoms with E-state index in [1.165, 1.54) is 32.0 Å². The summed E-state index contributed by atoms with van der Waals surface area (Å²) in [4.78, 5) is 10.7. The maximum atomic E-state index is 13.7. The molecule has 1 aromatic rings. The lowest BCUT2D eigenvalue weighted by atomic mass is 10.1. The van der Waals surface area contributed by atoms with Crippen molar-refractivity contribution in [3.05, 3.63) is 28.2 Å². The molecule has 0 saturated carbocycles. The summed E-state index contributed by atoms with van der Waals surface area (Å²) in [5, 5.41) is 8.73. The molecule has 0 bridgehead atoms. The van der Waals surface area contributed by atoms with Gasteiger partial charge < -0.3 is 9.84 Å². The van der Waals surface area contributed by atoms with Crippen molar-refractivity contribution in [1.82, 2.24) is 0 Å². The predicted molar refractivity (Wildman–Crippen MR) is 66.1 cm³/mol. The Morgan fingerprint density at radius 1 is 1.56 bits per heavy atom. The molecule has 0 fully saturated rings. The van der Waals surface area contributed by atoms with Crippen molar-refractivity contribution in [2.75, 3.05) is 0 Å². The van der Waals surface area contributed by atoms with Crippen LogP contribution < -0.4 is 4.74 Å². The Morgan fingerprint density at radius 3 is 2.67 bits per heavy atom. The highest BCUT2D eigenvalue weighted by Crippen LogP contribution is 2.39. The van der Waals surface area contributed by atoms with Gasteiger partial charge in [-0.3, -0.25) is 0 Å². The maximum Gasteiger partial charge on any atom is 0.344 e. The molecule has 0 amide bonds. The summed E-state index contributed by atoms with van der Waals surface area (Å²) in [6.07, 6.45) is -1.57. The first-order chi connectivity index (χ1) is 8.27. The molecule has 0 aliphatic carbocycles. The van der Waals surface area contributed by atoms with Gasteiger partial charge in [-0.15, -0.1) is 0 Å². The second-order valence-electron chi connectivity index (χ2n) is 3.80. The number of hydrogen-bond acceptors (Lipinski definition) is 2. The van der Waals surface area contributed by atoms with Crippen LogP contribution in [0.1, 0.15) is 25.8 Å². The Balaban J connectivity index is 3.15. The van der Waals surface area contributed by atoms with Gasteiger partial charge in [0.15, 0.2) is 6.10 Å². The second-order valence-corrected chi connectivity index (χ2v) is 4.71. The quantitative estimate of drug-likeness (QED) is 0.896. The Kier molecular flexibility index (Phi) is 4.67. The number of carboxylic acids is 1. The molecule has 3 nitrogen and oxygen atoms in total. The molecule has 18 heavy (non-hydrogen) atoms. The van der Waals surface area contributed by atoms with Crippen LogP contribution in [0.4, 0.5) is 8.78 Å². The van der Waals surface area contributed by atoms with Crippen molar-refractivity contribution in [2.24, 2.45) is 0 Å². The Labute approximate surface area is 112 Å². The molecule has 0 aliphatic rings. The van der Waals surface area contributed by atoms with E-state index < -0.39 is 18.0 Å². The Hall–Kier alpha value is -1.17. The highest BCUT2D eigenvalue weighted by molar-refractivity contribution is 9.10. The standard InChI is InChI=1S/C12H13BrF2O3/c1-3-12(14,15)9-6-8(13)4-5-10(9)18-7(2)11(16)17/h4-7H,3H2,1-2H3,(H,16,17). The van der Waals surface area contributed by atoms with Gasteiger partial charge in [-0.1, -0.05) is 22.9 Å². The average Bonchev–Trinajstić information content (AvgIpc) is 2.31. The zero-order valence-corrected chi connectivity index (χ0v) is 11.5. The third-order valence-electron chi connectivity index (χ3n) is 2.43. The molecule has 0 radical (unpaired) electrons. The number of ether oxygens (including phenoxy) is 1. The average molecular weight is 323 g/mol. The van der Waals surface area contributed by atoms with Gasteiger partial charge in [0.1, 0.15) is 5.75 Å². The van der Waals surface area contributed by atoms with Crippen molar-refractivity contribution in [3.63, 3.8) is 0 Å². The number of benzene rings is 1. The van der Waals surface area contributed by atoms with E-state index in [4.69, 9.17) is 9.84 Å². The summed E-state index contributed by atoms with van der Waals surface area (Å²) in [5.41, 5.74) is -0.313. The van der Waals surface area contributed by atoms with E-state index >= 15 is 0 Å². The molecule has 1 rings (SSSR count). The van der Waals surface area contributed by atoms with Gasteiger partial charge >= 0.3 is 5.97 Å². The zero-order chi connectivity index (χ0) is 13.9. The van der Waals surface area contributed by atoms with Crippen LogP contribution in [0.5, 0.6) is 5.75 Å². The minimum atomic E-state index is -3.06. The number of carbonyl (C=O) groups is 1. The zero-order valence-electron chi connectivity index (χ0n) is 9.91. The third kappa shape index (κ3) is 3.41. The lowest BCUT2D eigenvalue weighted by molar-refractivity contribution is -0.144. The molecule has 0 aliphatic heterocycles. The minimum Gasteiger partial charge on any atom is -0.479 e. The lowest BCUT2D eigenvalue weighted by Crippen LogP contribution is -2.25. The number of rotatable bonds is 5. The molecule has 0 spiro atoms. The highest BCUT2D eigenvalue weighted by atomic mass is 79.9. The molecule has 100 valence electrons. The van der Waals surface area contributed by atoms with E-state index in [0.717, 1.165) is 0 Å². The molecule has 1 N–H and O–H groups in total. The number of alkyl halides is 2. The van der Waals surface area contributed by atoms with E-state index in [0.29, 0.717) is 4.47 Å². The van der Waals surface area contributed by atoms with E-state index in [1.54, 1.807) is 0 Å². The normalized spacial score (nSPS) is 13.2. The lowest BCUT2D eigenvalue weighted by Gasteiger charge is -2.20. The predicted octanol–water partition coefficient (Wildman–Crippen LogP) is 3.80. The molecular weight excluding hydrogens is 310 g/mol. The highest BCUT2D eigenvalue weighted by Gasteiger charge is 2.33. The van der Waals surface area contributed by atoms with Gasteiger partial charge in [0, 0.05) is 10.9 Å². The van der Waals surface area contributed by atoms with Crippen LogP contribution in [0.25, 0.3) is 0 Å². The van der Waals surface area contributed by atoms with E-state index in [-0.39, 0.29) is 17.7 Å². The van der Waals surface area contributed by atoms with Crippen LogP contribution in [0, 0.1) is 0 Å². The van der Waals surface area contributed by atoms with Crippen LogP contribution >= 0.6 is 15.9 Å². The van der Waals surface area contributed by atoms with Crippen LogP contribution in [0.2, 0.25) is 0 Å². The van der Waals surface area contributed by atoms with Crippen LogP contribution in [0.3, 0.4) is 0 Å². The first-order valence-electron chi connectivity index (χ1n) is 5.35. The van der Waals surface area contributed by atoms with Crippen molar-refractivity contribution in [2.45, 2.75) is 32.3 Å². The summed E-state index contributed by atoms with van der Waals surface area (Å²) in [6, 6.07) is 4.11. The van der Waals surface area contributed by atoms with Gasteiger partial charge in [-0.25, -0.2) is 13.6 Å². The van der Waals surface area contributed by atoms with E-state index in [9.17, 15) is 13.6 Å². The smallest absolute Gasteiger partial charge is 0.344 e. The Morgan fingerprint density at radius 2 is 2.17 bits per heavy atom. The summed E-state index contributed by atoms with van der Waals surface area (Å²) in [7, 11) is 0. The number of hydrogen-bond donors (Lipinski definition) is 1. The van der Waals surface area contributed by atoms with Gasteiger partial charge in [-0.2, -0.15) is 0 Å². The van der Waals surface area contributed by atoms with Crippen LogP contribution in [-0.2, 0) is 10.7 Å². The van der Waals surface area contributed by atoms with Crippen LogP contribution in [0.15, 0.2) is 22.7 Å². The van der Waals surface area contributed by atoms with Crippen molar-refractivity contribution < 1.29 is 23.4 Å². The van der Waals surface area contributed by atoms with Crippen molar-refractivity contribution in [1.29, 1.82) is 0 Å². The number of aliphatic carboxylic acids is 1. The minimum absolute atomic E-state index is 0.111. The van der Waals surface area contributed by atoms with Gasteiger partial charge in [-0.05, 0) is 25.1 Å². The molecule has 1 aromatic carbocycles. The largest absolute Gasteiger partial charge is 0.479 e. The molecule has 6 heteroatoms. The summed E-state index contributed by atoms with van der Waals surface area (Å²) < 4.78 is 33.0. The first-order valence-corrected chi connectivity index (χ1v) is 6.14. The van der Waals surface area contributed by atoms with E-state index in [2.05, 4.69) is 15.9 Å². The number of halogens is 3. The number of carboxylic acid groups (broad SMARTS) is 1. The molecule has 0 saturated heterocycles. The SMILES string of the molecule is CCC(F)(F)c1cc(Br)ccc1OC(C)C(=O)O. The monoisotopic (exact) mass is 322 g/mol. The fourth-order valence-corrected chi connectivity index (χ4v) is 1.68. The molecule has 0 aromatic heterocycles. The molecule has 1 unspecified atom stereocenters. The topological polar surface area (TPSA) is 46.5 Å². The van der Waals surface area contributed by atoms with Gasteiger partial charge in [0.25, 0.3) is 5.92 Å². The summed E-state index contributed by atoms with van der Waals surface area (Å²) >= 11 is 3.11. The first kappa shape index (κ1) is 14.9. The van der Waals surface area contributed by atoms with Crippen molar-refractivity contribution in [3.8, 4) is 5.75 Å². The molecule has 1 atom stereocenters. The second kappa shape index (κ2) is 5.65. The Bertz CT molecular complexity index is 449. The molecule has 0 heterocycles. The van der Waals surface area contributed by atoms with Crippen LogP contribution in [-0.4, -0.2) is 17.2 Å². The fourth-order valence-electron chi connectivity index (χ4n) is 1.32. The summed E-state index contributed by atoms with van der Waals surface area (Å²) in [6.45, 7) is 2.64. The fraction of sp³-hybridized carbons (Fsp3) is 0.417. The molecular formula is C12H13BrF2O3. The van der Waals surface area contributed by atoms with Crippen molar-refractivity contribution >= 4 is 21.9 Å². The summed E-state index contributed by atoms with van der Waals surface area (Å²) in [5.74, 6) is -4.37. The van der Waals surface area contributed by atoms with Gasteiger partial charge in [0.05, 0.1) is 5.56 Å². The third-order valence-corrected chi connectivity index (χ3v) is 2.92. The van der Waals surface area contributed by atoms with E-state index in [1.807, 2.05) is 0 Å².